The van der Waals surface area contributed by atoms with E-state index in [-0.39, 0.29) is 12.6 Å². The Morgan fingerprint density at radius 1 is 1.11 bits per heavy atom. The van der Waals surface area contributed by atoms with Crippen molar-refractivity contribution in [3.63, 3.8) is 0 Å². The highest BCUT2D eigenvalue weighted by atomic mass is 16.5. The summed E-state index contributed by atoms with van der Waals surface area (Å²) in [4.78, 5) is 21.3. The minimum Gasteiger partial charge on any atom is -0.496 e. The summed E-state index contributed by atoms with van der Waals surface area (Å²) in [6, 6.07) is 19.3. The van der Waals surface area contributed by atoms with E-state index in [1.807, 2.05) is 67.6 Å². The third kappa shape index (κ3) is 4.72. The van der Waals surface area contributed by atoms with Gasteiger partial charge in [0.2, 0.25) is 0 Å². The molecule has 1 fully saturated rings. The van der Waals surface area contributed by atoms with Gasteiger partial charge in [-0.2, -0.15) is 0 Å². The van der Waals surface area contributed by atoms with E-state index in [2.05, 4.69) is 15.2 Å². The lowest BCUT2D eigenvalue weighted by Gasteiger charge is -2.37. The highest BCUT2D eigenvalue weighted by Gasteiger charge is 2.25. The number of benzene rings is 3. The number of anilines is 1. The number of carbonyl (C=O) groups excluding carboxylic acids is 1. The summed E-state index contributed by atoms with van der Waals surface area (Å²) < 4.78 is 11.3. The predicted molar refractivity (Wildman–Crippen MR) is 139 cm³/mol. The van der Waals surface area contributed by atoms with Crippen LogP contribution in [0.1, 0.15) is 17.5 Å². The molecule has 2 amide bonds. The molecule has 1 aromatic heterocycles. The molecule has 8 nitrogen and oxygen atoms in total. The van der Waals surface area contributed by atoms with Gasteiger partial charge in [-0.25, -0.2) is 9.78 Å². The van der Waals surface area contributed by atoms with Gasteiger partial charge in [-0.05, 0) is 28.5 Å². The second-order valence-corrected chi connectivity index (χ2v) is 8.86. The number of aliphatic hydroxyl groups is 1. The molecule has 4 aromatic rings. The van der Waals surface area contributed by atoms with Gasteiger partial charge in [-0.1, -0.05) is 42.5 Å². The fourth-order valence-corrected chi connectivity index (χ4v) is 4.75. The number of aliphatic hydroxyl groups excluding tert-OH is 1. The smallest absolute Gasteiger partial charge is 0.318 e. The first-order valence-electron chi connectivity index (χ1n) is 12.1. The fraction of sp³-hybridized carbons (Fsp3) is 0.286. The molecule has 1 unspecified atom stereocenters. The average Bonchev–Trinajstić information content (AvgIpc) is 3.37. The molecule has 2 N–H and O–H groups in total. The third-order valence-corrected chi connectivity index (χ3v) is 6.68. The van der Waals surface area contributed by atoms with Crippen molar-refractivity contribution in [1.29, 1.82) is 0 Å². The van der Waals surface area contributed by atoms with E-state index in [0.29, 0.717) is 43.6 Å². The molecule has 8 heteroatoms. The van der Waals surface area contributed by atoms with Crippen LogP contribution in [0.3, 0.4) is 0 Å². The standard InChI is InChI=1S/C28H30N4O4/c1-19-29-17-27(36-19)24-11-10-21(16-26(24)35-2)31-12-14-32(15-13-31)28(34)30-25(18-33)23-9-5-7-20-6-3-4-8-22(20)23/h3-11,16-17,25,33H,12-15,18H2,1-2H3,(H,30,34). The second kappa shape index (κ2) is 10.3. The number of fused-ring (bicyclic) bond motifs is 1. The van der Waals surface area contributed by atoms with Crippen molar-refractivity contribution in [2.24, 2.45) is 0 Å². The Hall–Kier alpha value is -4.04. The molecular weight excluding hydrogens is 456 g/mol. The van der Waals surface area contributed by atoms with E-state index >= 15 is 0 Å². The highest BCUT2D eigenvalue weighted by molar-refractivity contribution is 5.87. The van der Waals surface area contributed by atoms with Gasteiger partial charge in [0, 0.05) is 44.9 Å². The zero-order valence-electron chi connectivity index (χ0n) is 20.5. The summed E-state index contributed by atoms with van der Waals surface area (Å²) in [6.07, 6.45) is 1.70. The van der Waals surface area contributed by atoms with Gasteiger partial charge in [0.25, 0.3) is 0 Å². The molecule has 36 heavy (non-hydrogen) atoms. The van der Waals surface area contributed by atoms with E-state index in [1.165, 1.54) is 0 Å². The van der Waals surface area contributed by atoms with Crippen LogP contribution in [-0.4, -0.2) is 60.9 Å². The Labute approximate surface area is 210 Å². The number of amides is 2. The molecule has 1 aliphatic rings. The minimum absolute atomic E-state index is 0.170. The number of hydrogen-bond donors (Lipinski definition) is 2. The van der Waals surface area contributed by atoms with Crippen LogP contribution >= 0.6 is 0 Å². The van der Waals surface area contributed by atoms with Crippen LogP contribution in [0.4, 0.5) is 10.5 Å². The Kier molecular flexibility index (Phi) is 6.77. The molecule has 0 aliphatic carbocycles. The number of nitrogens with one attached hydrogen (secondary N) is 1. The molecule has 0 radical (unpaired) electrons. The second-order valence-electron chi connectivity index (χ2n) is 8.86. The van der Waals surface area contributed by atoms with E-state index in [9.17, 15) is 9.90 Å². The number of methoxy groups -OCH3 is 1. The van der Waals surface area contributed by atoms with E-state index in [0.717, 1.165) is 27.6 Å². The number of nitrogens with zero attached hydrogens (tertiary/aromatic N) is 3. The van der Waals surface area contributed by atoms with Crippen molar-refractivity contribution in [3.8, 4) is 17.1 Å². The molecule has 1 atom stereocenters. The van der Waals surface area contributed by atoms with Gasteiger partial charge >= 0.3 is 6.03 Å². The molecule has 3 aromatic carbocycles. The van der Waals surface area contributed by atoms with Gasteiger partial charge in [-0.15, -0.1) is 0 Å². The molecule has 0 saturated carbocycles. The summed E-state index contributed by atoms with van der Waals surface area (Å²) in [5, 5.41) is 15.2. The number of ether oxygens (including phenoxy) is 1. The fourth-order valence-electron chi connectivity index (χ4n) is 4.75. The van der Waals surface area contributed by atoms with Crippen molar-refractivity contribution >= 4 is 22.5 Å². The van der Waals surface area contributed by atoms with Gasteiger partial charge in [-0.3, -0.25) is 0 Å². The van der Waals surface area contributed by atoms with Gasteiger partial charge in [0.1, 0.15) is 5.75 Å². The predicted octanol–water partition coefficient (Wildman–Crippen LogP) is 4.38. The van der Waals surface area contributed by atoms with Gasteiger partial charge in [0.15, 0.2) is 11.7 Å². The number of rotatable bonds is 6. The summed E-state index contributed by atoms with van der Waals surface area (Å²) in [5.74, 6) is 1.99. The van der Waals surface area contributed by atoms with Crippen molar-refractivity contribution < 1.29 is 19.1 Å². The van der Waals surface area contributed by atoms with Crippen LogP contribution in [-0.2, 0) is 0 Å². The van der Waals surface area contributed by atoms with Crippen molar-refractivity contribution in [2.75, 3.05) is 44.8 Å². The first-order chi connectivity index (χ1) is 17.6. The van der Waals surface area contributed by atoms with Crippen LogP contribution < -0.4 is 15.0 Å². The van der Waals surface area contributed by atoms with Gasteiger partial charge < -0.3 is 29.4 Å². The third-order valence-electron chi connectivity index (χ3n) is 6.68. The maximum Gasteiger partial charge on any atom is 0.318 e. The normalized spacial score (nSPS) is 14.6. The number of carbonyl (C=O) groups is 1. The lowest BCUT2D eigenvalue weighted by atomic mass is 9.99. The maximum atomic E-state index is 13.1. The Morgan fingerprint density at radius 2 is 1.89 bits per heavy atom. The van der Waals surface area contributed by atoms with E-state index in [4.69, 9.17) is 9.15 Å². The Bertz CT molecular complexity index is 1360. The number of aryl methyl sites for hydroxylation is 1. The SMILES string of the molecule is COc1cc(N2CCN(C(=O)NC(CO)c3cccc4ccccc34)CC2)ccc1-c1cnc(C)o1. The van der Waals surface area contributed by atoms with Crippen molar-refractivity contribution in [1.82, 2.24) is 15.2 Å². The first kappa shape index (κ1) is 23.7. The first-order valence-corrected chi connectivity index (χ1v) is 12.1. The summed E-state index contributed by atoms with van der Waals surface area (Å²) in [6.45, 7) is 4.17. The largest absolute Gasteiger partial charge is 0.496 e. The van der Waals surface area contributed by atoms with Crippen LogP contribution in [0, 0.1) is 6.92 Å². The quantitative estimate of drug-likeness (QED) is 0.420. The minimum atomic E-state index is -0.474. The molecule has 1 aliphatic heterocycles. The highest BCUT2D eigenvalue weighted by Crippen LogP contribution is 2.34. The zero-order valence-corrected chi connectivity index (χ0v) is 20.5. The zero-order chi connectivity index (χ0) is 25.1. The van der Waals surface area contributed by atoms with Crippen LogP contribution in [0.25, 0.3) is 22.1 Å². The molecule has 5 rings (SSSR count). The number of piperazine rings is 1. The molecule has 186 valence electrons. The van der Waals surface area contributed by atoms with E-state index in [1.54, 1.807) is 18.2 Å². The van der Waals surface area contributed by atoms with E-state index < -0.39 is 6.04 Å². The molecule has 1 saturated heterocycles. The maximum absolute atomic E-state index is 13.1. The number of hydrogen-bond acceptors (Lipinski definition) is 6. The molecule has 0 bridgehead atoms. The topological polar surface area (TPSA) is 91.1 Å². The average molecular weight is 487 g/mol. The van der Waals surface area contributed by atoms with Crippen molar-refractivity contribution in [2.45, 2.75) is 13.0 Å². The Balaban J connectivity index is 1.24. The number of aromatic nitrogens is 1. The molecule has 0 spiro atoms. The summed E-state index contributed by atoms with van der Waals surface area (Å²) in [5.41, 5.74) is 2.79. The number of oxazole rings is 1. The number of urea groups is 1. The van der Waals surface area contributed by atoms with Crippen LogP contribution in [0.15, 0.2) is 71.3 Å². The molecule has 2 heterocycles. The molecular formula is C28H30N4O4. The van der Waals surface area contributed by atoms with Crippen molar-refractivity contribution in [3.05, 3.63) is 78.3 Å². The lowest BCUT2D eigenvalue weighted by Crippen LogP contribution is -2.52. The van der Waals surface area contributed by atoms with Crippen LogP contribution in [0.5, 0.6) is 5.75 Å². The lowest BCUT2D eigenvalue weighted by molar-refractivity contribution is 0.179. The van der Waals surface area contributed by atoms with Crippen LogP contribution in [0.2, 0.25) is 0 Å². The summed E-state index contributed by atoms with van der Waals surface area (Å²) in [7, 11) is 1.64. The monoisotopic (exact) mass is 486 g/mol. The Morgan fingerprint density at radius 3 is 2.61 bits per heavy atom. The van der Waals surface area contributed by atoms with Gasteiger partial charge in [0.05, 0.1) is 31.5 Å². The summed E-state index contributed by atoms with van der Waals surface area (Å²) >= 11 is 0.